The van der Waals surface area contributed by atoms with Gasteiger partial charge in [-0.3, -0.25) is 10.1 Å². The van der Waals surface area contributed by atoms with Crippen molar-refractivity contribution in [1.82, 2.24) is 0 Å². The zero-order chi connectivity index (χ0) is 18.3. The van der Waals surface area contributed by atoms with Crippen molar-refractivity contribution in [2.45, 2.75) is 13.8 Å². The van der Waals surface area contributed by atoms with E-state index >= 15 is 0 Å². The number of rotatable bonds is 7. The van der Waals surface area contributed by atoms with Crippen molar-refractivity contribution in [3.05, 3.63) is 70.1 Å². The molecule has 0 radical (unpaired) electrons. The van der Waals surface area contributed by atoms with Crippen LogP contribution in [-0.4, -0.2) is 18.5 Å². The van der Waals surface area contributed by atoms with Crippen LogP contribution < -0.4 is 4.90 Å². The lowest BCUT2D eigenvalue weighted by atomic mass is 10.1. The molecular formula is C17H19N5O2. The summed E-state index contributed by atoms with van der Waals surface area (Å²) in [5, 5.41) is 27.6. The van der Waals surface area contributed by atoms with Crippen molar-refractivity contribution in [2.24, 2.45) is 10.2 Å². The smallest absolute Gasteiger partial charge is 0.263 e. The monoisotopic (exact) mass is 325 g/mol. The summed E-state index contributed by atoms with van der Waals surface area (Å²) < 4.78 is 0. The van der Waals surface area contributed by atoms with Gasteiger partial charge < -0.3 is 4.90 Å². The van der Waals surface area contributed by atoms with Crippen LogP contribution in [0.5, 0.6) is 0 Å². The number of nitriles is 1. The Hall–Kier alpha value is -3.27. The van der Waals surface area contributed by atoms with Crippen LogP contribution in [0.1, 0.15) is 12.5 Å². The average Bonchev–Trinajstić information content (AvgIpc) is 2.56. The maximum atomic E-state index is 10.6. The highest BCUT2D eigenvalue weighted by Crippen LogP contribution is 2.25. The molecule has 124 valence electrons. The molecule has 24 heavy (non-hydrogen) atoms. The van der Waals surface area contributed by atoms with Crippen LogP contribution in [0.2, 0.25) is 0 Å². The van der Waals surface area contributed by atoms with Crippen molar-refractivity contribution in [3.8, 4) is 6.07 Å². The molecule has 1 aromatic carbocycles. The number of hydrogen-bond acceptors (Lipinski definition) is 6. The number of hydrogen-bond donors (Lipinski definition) is 0. The number of allylic oxidation sites excluding steroid dienone is 2. The first-order valence-corrected chi connectivity index (χ1v) is 7.18. The van der Waals surface area contributed by atoms with Gasteiger partial charge in [-0.2, -0.15) is 10.4 Å². The van der Waals surface area contributed by atoms with Gasteiger partial charge in [0, 0.05) is 25.4 Å². The Morgan fingerprint density at radius 2 is 2.17 bits per heavy atom. The highest BCUT2D eigenvalue weighted by molar-refractivity contribution is 5.57. The highest BCUT2D eigenvalue weighted by Gasteiger charge is 2.09. The first-order valence-electron chi connectivity index (χ1n) is 7.18. The van der Waals surface area contributed by atoms with E-state index in [4.69, 9.17) is 5.26 Å². The van der Waals surface area contributed by atoms with Crippen LogP contribution in [0.25, 0.3) is 0 Å². The Bertz CT molecular complexity index is 772. The van der Waals surface area contributed by atoms with Crippen LogP contribution in [-0.2, 0) is 0 Å². The molecule has 0 saturated carbocycles. The quantitative estimate of drug-likeness (QED) is 0.246. The van der Waals surface area contributed by atoms with Crippen molar-refractivity contribution in [1.29, 1.82) is 5.26 Å². The van der Waals surface area contributed by atoms with E-state index in [0.29, 0.717) is 5.69 Å². The summed E-state index contributed by atoms with van der Waals surface area (Å²) in [6.45, 7) is 11.7. The zero-order valence-electron chi connectivity index (χ0n) is 14.0. The minimum Gasteiger partial charge on any atom is -0.375 e. The van der Waals surface area contributed by atoms with Crippen molar-refractivity contribution < 1.29 is 4.92 Å². The minimum absolute atomic E-state index is 0.0367. The second-order valence-electron chi connectivity index (χ2n) is 5.05. The number of azo groups is 1. The Morgan fingerprint density at radius 1 is 1.50 bits per heavy atom. The summed E-state index contributed by atoms with van der Waals surface area (Å²) in [4.78, 5) is 12.0. The maximum absolute atomic E-state index is 10.6. The van der Waals surface area contributed by atoms with Gasteiger partial charge >= 0.3 is 0 Å². The third-order valence-electron chi connectivity index (χ3n) is 3.35. The van der Waals surface area contributed by atoms with Crippen LogP contribution in [0.4, 0.5) is 11.4 Å². The fourth-order valence-electron chi connectivity index (χ4n) is 1.74. The molecule has 0 heterocycles. The Morgan fingerprint density at radius 3 is 2.67 bits per heavy atom. The van der Waals surface area contributed by atoms with Gasteiger partial charge in [0.25, 0.3) is 5.70 Å². The summed E-state index contributed by atoms with van der Waals surface area (Å²) in [6, 6.07) is 7.53. The molecule has 0 aliphatic rings. The van der Waals surface area contributed by atoms with Gasteiger partial charge in [-0.15, -0.1) is 5.11 Å². The topological polar surface area (TPSA) is 94.9 Å². The van der Waals surface area contributed by atoms with E-state index in [1.165, 1.54) is 0 Å². The summed E-state index contributed by atoms with van der Waals surface area (Å²) >= 11 is 0. The molecule has 7 heteroatoms. The number of aryl methyl sites for hydroxylation is 1. The lowest BCUT2D eigenvalue weighted by Crippen LogP contribution is -2.15. The van der Waals surface area contributed by atoms with Crippen LogP contribution in [0, 0.1) is 28.4 Å². The standard InChI is InChI=1S/C17H19N5O2/c1-6-21(5)16-7-8-17(12(2)9-16)20-19-14(4)15(11-18)10-13(3)22(23)24/h7-10H,3-4,6H2,1-2,5H3/b15-10-,20-19+. The number of benzene rings is 1. The third kappa shape index (κ3) is 4.88. The van der Waals surface area contributed by atoms with Crippen LogP contribution in [0.15, 0.2) is 64.6 Å². The molecule has 0 aliphatic carbocycles. The zero-order valence-corrected chi connectivity index (χ0v) is 14.0. The first kappa shape index (κ1) is 18.8. The Balaban J connectivity index is 3.00. The maximum Gasteiger partial charge on any atom is 0.263 e. The number of anilines is 1. The summed E-state index contributed by atoms with van der Waals surface area (Å²) in [5.74, 6) is 0. The number of nitro groups is 1. The fourth-order valence-corrected chi connectivity index (χ4v) is 1.74. The predicted molar refractivity (Wildman–Crippen MR) is 93.6 cm³/mol. The molecular weight excluding hydrogens is 306 g/mol. The van der Waals surface area contributed by atoms with Crippen molar-refractivity contribution >= 4 is 11.4 Å². The fraction of sp³-hybridized carbons (Fsp3) is 0.235. The van der Waals surface area contributed by atoms with Gasteiger partial charge in [0.15, 0.2) is 0 Å². The Labute approximate surface area is 141 Å². The second-order valence-corrected chi connectivity index (χ2v) is 5.05. The van der Waals surface area contributed by atoms with E-state index < -0.39 is 10.6 Å². The van der Waals surface area contributed by atoms with Crippen LogP contribution >= 0.6 is 0 Å². The Kier molecular flexibility index (Phi) is 6.56. The molecule has 7 nitrogen and oxygen atoms in total. The SMILES string of the molecule is C=C(/N=N/c1ccc(N(C)CC)cc1C)/C(C#N)=C\C(=C)[N+](=O)[O-]. The molecule has 0 saturated heterocycles. The van der Waals surface area contributed by atoms with E-state index in [9.17, 15) is 10.1 Å². The molecule has 0 bridgehead atoms. The molecule has 0 aliphatic heterocycles. The largest absolute Gasteiger partial charge is 0.375 e. The lowest BCUT2D eigenvalue weighted by Gasteiger charge is -2.17. The number of nitrogens with zero attached hydrogens (tertiary/aromatic N) is 5. The molecule has 0 spiro atoms. The molecule has 0 atom stereocenters. The van der Waals surface area contributed by atoms with E-state index in [-0.39, 0.29) is 11.3 Å². The van der Waals surface area contributed by atoms with Gasteiger partial charge in [0.1, 0.15) is 6.07 Å². The highest BCUT2D eigenvalue weighted by atomic mass is 16.6. The summed E-state index contributed by atoms with van der Waals surface area (Å²) in [5.41, 5.74) is 2.19. The molecule has 1 rings (SSSR count). The third-order valence-corrected chi connectivity index (χ3v) is 3.35. The average molecular weight is 325 g/mol. The lowest BCUT2D eigenvalue weighted by molar-refractivity contribution is -0.418. The predicted octanol–water partition coefficient (Wildman–Crippen LogP) is 4.29. The van der Waals surface area contributed by atoms with E-state index in [2.05, 4.69) is 35.2 Å². The molecule has 0 amide bonds. The van der Waals surface area contributed by atoms with Crippen molar-refractivity contribution in [2.75, 3.05) is 18.5 Å². The van der Waals surface area contributed by atoms with E-state index in [0.717, 1.165) is 23.9 Å². The van der Waals surface area contributed by atoms with Crippen molar-refractivity contribution in [3.63, 3.8) is 0 Å². The van der Waals surface area contributed by atoms with E-state index in [1.54, 1.807) is 6.07 Å². The van der Waals surface area contributed by atoms with Gasteiger partial charge in [0.2, 0.25) is 0 Å². The van der Waals surface area contributed by atoms with Gasteiger partial charge in [-0.25, -0.2) is 0 Å². The second kappa shape index (κ2) is 8.39. The first-order chi connectivity index (χ1) is 11.3. The van der Waals surface area contributed by atoms with Gasteiger partial charge in [-0.1, -0.05) is 6.58 Å². The summed E-state index contributed by atoms with van der Waals surface area (Å²) in [6.07, 6.45) is 1.02. The molecule has 0 N–H and O–H groups in total. The molecule has 0 aromatic heterocycles. The molecule has 0 unspecified atom stereocenters. The summed E-state index contributed by atoms with van der Waals surface area (Å²) in [7, 11) is 1.99. The minimum atomic E-state index is -0.686. The van der Waals surface area contributed by atoms with Gasteiger partial charge in [-0.05, 0) is 44.2 Å². The normalized spacial score (nSPS) is 11.2. The van der Waals surface area contributed by atoms with E-state index in [1.807, 2.05) is 32.2 Å². The van der Waals surface area contributed by atoms with Crippen LogP contribution in [0.3, 0.4) is 0 Å². The molecule has 1 aromatic rings. The molecule has 0 fully saturated rings. The van der Waals surface area contributed by atoms with Gasteiger partial charge in [0.05, 0.1) is 21.9 Å².